The van der Waals surface area contributed by atoms with Crippen molar-refractivity contribution in [3.05, 3.63) is 36.0 Å². The number of aliphatic hydroxyl groups is 1. The number of carbonyl (C=O) groups excluding carboxylic acids is 7. The van der Waals surface area contributed by atoms with Crippen molar-refractivity contribution in [1.82, 2.24) is 36.5 Å². The molecule has 8 atom stereocenters. The number of likely N-dealkylation sites (tertiary alicyclic amines) is 1. The second-order valence-electron chi connectivity index (χ2n) is 13.3. The maximum Gasteiger partial charge on any atom is 0.326 e. The quantitative estimate of drug-likeness (QED) is 0.0640. The van der Waals surface area contributed by atoms with Gasteiger partial charge in [-0.05, 0) is 30.9 Å². The summed E-state index contributed by atoms with van der Waals surface area (Å²) in [6.07, 6.45) is 0.346. The van der Waals surface area contributed by atoms with E-state index in [1.54, 1.807) is 20.0 Å². The van der Waals surface area contributed by atoms with Crippen LogP contribution in [-0.4, -0.2) is 129 Å². The van der Waals surface area contributed by atoms with Crippen molar-refractivity contribution in [3.8, 4) is 0 Å². The number of β-amino-alcohol motifs (C(OH)–C–C–N with tert-alkyl or cyclic N) is 1. The van der Waals surface area contributed by atoms with Gasteiger partial charge in [-0.2, -0.15) is 12.6 Å². The molecule has 0 bridgehead atoms. The largest absolute Gasteiger partial charge is 0.480 e. The van der Waals surface area contributed by atoms with Gasteiger partial charge < -0.3 is 58.1 Å². The van der Waals surface area contributed by atoms with Gasteiger partial charge in [0.1, 0.15) is 30.2 Å². The number of nitrogens with two attached hydrogens (primary N) is 2. The molecule has 0 spiro atoms. The third kappa shape index (κ3) is 11.6. The molecular weight excluding hydrogens is 726 g/mol. The van der Waals surface area contributed by atoms with Crippen LogP contribution in [0.2, 0.25) is 0 Å². The van der Waals surface area contributed by atoms with Crippen LogP contribution in [0.5, 0.6) is 0 Å². The minimum atomic E-state index is -1.61. The van der Waals surface area contributed by atoms with Gasteiger partial charge in [0.05, 0.1) is 25.1 Å². The first-order valence-electron chi connectivity index (χ1n) is 17.4. The predicted octanol–water partition coefficient (Wildman–Crippen LogP) is -2.99. The highest BCUT2D eigenvalue weighted by Crippen LogP contribution is 2.21. The molecule has 2 aromatic rings. The molecule has 1 aromatic heterocycles. The fourth-order valence-corrected chi connectivity index (χ4v) is 6.14. The highest BCUT2D eigenvalue weighted by molar-refractivity contribution is 7.80. The molecule has 0 aliphatic carbocycles. The molecule has 12 N–H and O–H groups in total. The van der Waals surface area contributed by atoms with Crippen LogP contribution in [0.3, 0.4) is 0 Å². The van der Waals surface area contributed by atoms with Gasteiger partial charge in [0.2, 0.25) is 41.4 Å². The zero-order valence-electron chi connectivity index (χ0n) is 30.2. The van der Waals surface area contributed by atoms with Gasteiger partial charge in [-0.15, -0.1) is 0 Å². The number of carboxylic acid groups (broad SMARTS) is 1. The zero-order valence-corrected chi connectivity index (χ0v) is 31.1. The molecule has 7 amide bonds. The molecule has 54 heavy (non-hydrogen) atoms. The van der Waals surface area contributed by atoms with Crippen molar-refractivity contribution in [2.45, 2.75) is 88.8 Å². The number of aromatic amines is 1. The van der Waals surface area contributed by atoms with Crippen LogP contribution >= 0.6 is 12.6 Å². The summed E-state index contributed by atoms with van der Waals surface area (Å²) in [6, 6.07) is -0.176. The van der Waals surface area contributed by atoms with E-state index in [-0.39, 0.29) is 25.1 Å². The number of amides is 7. The number of nitrogens with one attached hydrogen (secondary N) is 6. The van der Waals surface area contributed by atoms with E-state index >= 15 is 0 Å². The second-order valence-corrected chi connectivity index (χ2v) is 13.6. The van der Waals surface area contributed by atoms with Gasteiger partial charge in [0.15, 0.2) is 0 Å². The van der Waals surface area contributed by atoms with Crippen molar-refractivity contribution in [2.24, 2.45) is 17.4 Å². The minimum absolute atomic E-state index is 0.216. The number of carbonyl (C=O) groups is 8. The van der Waals surface area contributed by atoms with Crippen LogP contribution in [0.4, 0.5) is 0 Å². The van der Waals surface area contributed by atoms with Crippen LogP contribution in [-0.2, 0) is 44.8 Å². The van der Waals surface area contributed by atoms with Crippen LogP contribution in [0.25, 0.3) is 10.9 Å². The summed E-state index contributed by atoms with van der Waals surface area (Å²) in [6.45, 7) is 4.01. The van der Waals surface area contributed by atoms with E-state index in [0.717, 1.165) is 21.4 Å². The molecule has 1 aliphatic rings. The fourth-order valence-electron chi connectivity index (χ4n) is 5.88. The van der Waals surface area contributed by atoms with E-state index in [2.05, 4.69) is 44.2 Å². The molecule has 0 radical (unpaired) electrons. The fraction of sp³-hybridized carbons (Fsp3) is 0.529. The number of aliphatic hydroxyl groups excluding tert-OH is 1. The smallest absolute Gasteiger partial charge is 0.326 e. The molecule has 2 heterocycles. The summed E-state index contributed by atoms with van der Waals surface area (Å²) in [5, 5.41) is 32.6. The summed E-state index contributed by atoms with van der Waals surface area (Å²) < 4.78 is 0. The van der Waals surface area contributed by atoms with Crippen molar-refractivity contribution in [1.29, 1.82) is 0 Å². The SMILES string of the molecule is CC[C@H](C)[C@H](NC(=O)CNC(=O)[C@@H](N)Cc1c[nH]c2ccccc12)C(=O)N[C@H](C)C(=O)N[C@@H](CS)C(=O)N[C@@H](CC(N)=O)C(=O)N1C[C@H](O)C[C@H]1C(=O)O. The molecule has 1 aliphatic heterocycles. The lowest BCUT2D eigenvalue weighted by molar-refractivity contribution is -0.149. The molecule has 0 unspecified atom stereocenters. The molecule has 1 saturated heterocycles. The molecule has 0 saturated carbocycles. The van der Waals surface area contributed by atoms with Crippen molar-refractivity contribution >= 4 is 70.9 Å². The number of primary amides is 1. The number of thiol groups is 1. The molecule has 3 rings (SSSR count). The summed E-state index contributed by atoms with van der Waals surface area (Å²) in [5.41, 5.74) is 13.1. The number of nitrogens with zero attached hydrogens (tertiary/aromatic N) is 1. The van der Waals surface area contributed by atoms with Crippen LogP contribution in [0, 0.1) is 5.92 Å². The third-order valence-electron chi connectivity index (χ3n) is 9.12. The monoisotopic (exact) mass is 775 g/mol. The average molecular weight is 776 g/mol. The van der Waals surface area contributed by atoms with Crippen LogP contribution in [0.1, 0.15) is 45.6 Å². The van der Waals surface area contributed by atoms with E-state index in [9.17, 15) is 48.6 Å². The van der Waals surface area contributed by atoms with E-state index < -0.39 is 109 Å². The molecule has 1 aromatic carbocycles. The number of benzene rings is 1. The number of rotatable bonds is 19. The second kappa shape index (κ2) is 19.7. The topological polar surface area (TPSA) is 308 Å². The summed E-state index contributed by atoms with van der Waals surface area (Å²) >= 11 is 4.10. The highest BCUT2D eigenvalue weighted by atomic mass is 32.1. The van der Waals surface area contributed by atoms with Gasteiger partial charge in [-0.3, -0.25) is 33.6 Å². The number of aliphatic carboxylic acids is 1. The predicted molar refractivity (Wildman–Crippen MR) is 197 cm³/mol. The van der Waals surface area contributed by atoms with Crippen molar-refractivity contribution in [2.75, 3.05) is 18.8 Å². The number of aromatic nitrogens is 1. The Kier molecular flexibility index (Phi) is 15.8. The van der Waals surface area contributed by atoms with Crippen molar-refractivity contribution < 1.29 is 48.6 Å². The highest BCUT2D eigenvalue weighted by Gasteiger charge is 2.42. The number of hydrogen-bond acceptors (Lipinski definition) is 11. The molecule has 20 heteroatoms. The average Bonchev–Trinajstić information content (AvgIpc) is 3.73. The van der Waals surface area contributed by atoms with Crippen molar-refractivity contribution in [3.63, 3.8) is 0 Å². The number of fused-ring (bicyclic) bond motifs is 1. The Morgan fingerprint density at radius 1 is 0.963 bits per heavy atom. The standard InChI is InChI=1S/C34H49N9O10S/c1-4-16(2)28(42-27(46)13-38-30(48)21(35)9-18-12-37-22-8-6-5-7-20(18)22)32(50)39-17(3)29(47)41-24(15-54)31(49)40-23(11-26(36)45)33(51)43-14-19(44)10-25(43)34(52)53/h5-8,12,16-17,19,21,23-25,28,37,44,54H,4,9-11,13-15,35H2,1-3H3,(H2,36,45)(H,38,48)(H,39,50)(H,40,49)(H,41,47)(H,42,46)(H,52,53)/t16-,17+,19+,21-,23-,24-,25-,28-/m0/s1. The minimum Gasteiger partial charge on any atom is -0.480 e. The maximum atomic E-state index is 13.3. The van der Waals surface area contributed by atoms with E-state index in [1.165, 1.54) is 6.92 Å². The summed E-state index contributed by atoms with van der Waals surface area (Å²) in [4.78, 5) is 106. The Labute approximate surface area is 316 Å². The van der Waals surface area contributed by atoms with Crippen LogP contribution in [0.15, 0.2) is 30.5 Å². The lowest BCUT2D eigenvalue weighted by Gasteiger charge is -2.28. The number of para-hydroxylation sites is 1. The Bertz CT molecular complexity index is 1720. The lowest BCUT2D eigenvalue weighted by atomic mass is 9.98. The molecule has 296 valence electrons. The molecule has 19 nitrogen and oxygen atoms in total. The Morgan fingerprint density at radius 2 is 1.63 bits per heavy atom. The van der Waals surface area contributed by atoms with Gasteiger partial charge in [0.25, 0.3) is 0 Å². The first-order valence-corrected chi connectivity index (χ1v) is 18.0. The summed E-state index contributed by atoms with van der Waals surface area (Å²) in [7, 11) is 0. The van der Waals surface area contributed by atoms with Crippen LogP contribution < -0.4 is 38.1 Å². The van der Waals surface area contributed by atoms with E-state index in [1.807, 2.05) is 24.3 Å². The van der Waals surface area contributed by atoms with Gasteiger partial charge in [0, 0.05) is 35.8 Å². The van der Waals surface area contributed by atoms with E-state index in [4.69, 9.17) is 11.5 Å². The number of H-pyrrole nitrogens is 1. The Morgan fingerprint density at radius 3 is 2.26 bits per heavy atom. The van der Waals surface area contributed by atoms with Gasteiger partial charge in [-0.1, -0.05) is 38.5 Å². The van der Waals surface area contributed by atoms with E-state index in [0.29, 0.717) is 6.42 Å². The first-order chi connectivity index (χ1) is 25.5. The number of carboxylic acids is 1. The van der Waals surface area contributed by atoms with Gasteiger partial charge >= 0.3 is 5.97 Å². The number of hydrogen-bond donors (Lipinski definition) is 11. The molecular formula is C34H49N9O10S. The Hall–Kier alpha value is -5.21. The zero-order chi connectivity index (χ0) is 40.3. The third-order valence-corrected chi connectivity index (χ3v) is 9.49. The Balaban J connectivity index is 1.56. The molecule has 1 fully saturated rings. The maximum absolute atomic E-state index is 13.3. The van der Waals surface area contributed by atoms with Gasteiger partial charge in [-0.25, -0.2) is 4.79 Å². The summed E-state index contributed by atoms with van der Waals surface area (Å²) in [5.74, 6) is -7.81. The first kappa shape index (κ1) is 43.2. The lowest BCUT2D eigenvalue weighted by Crippen LogP contribution is -2.60. The normalized spacial score (nSPS) is 18.7.